The molecular formula is C12H12N2O2S. The maximum Gasteiger partial charge on any atom is 0.197 e. The van der Waals surface area contributed by atoms with Crippen LogP contribution in [-0.4, -0.2) is 24.2 Å². The van der Waals surface area contributed by atoms with Gasteiger partial charge in [-0.3, -0.25) is 0 Å². The highest BCUT2D eigenvalue weighted by molar-refractivity contribution is 7.71. The Hall–Kier alpha value is -1.88. The number of nitrogens with zero attached hydrogens (tertiary/aromatic N) is 1. The summed E-state index contributed by atoms with van der Waals surface area (Å²) < 4.78 is 10.9. The predicted octanol–water partition coefficient (Wildman–Crippen LogP) is 2.82. The standard InChI is InChI=1S/C12H12N2O2S/c1-15-10-4-3-8(7-11(10)16-2)9-5-6-13-12(17)14-9/h3-7H,1-2H3,(H,13,14,17). The minimum absolute atomic E-state index is 0.456. The van der Waals surface area contributed by atoms with Crippen LogP contribution in [0.25, 0.3) is 11.3 Å². The number of methoxy groups -OCH3 is 2. The summed E-state index contributed by atoms with van der Waals surface area (Å²) in [5.74, 6) is 1.38. The molecule has 2 rings (SSSR count). The van der Waals surface area contributed by atoms with Gasteiger partial charge in [-0.1, -0.05) is 0 Å². The van der Waals surface area contributed by atoms with Crippen molar-refractivity contribution in [3.63, 3.8) is 0 Å². The lowest BCUT2D eigenvalue weighted by Gasteiger charge is -2.09. The SMILES string of the molecule is COc1ccc(-c2ccnc(=S)[nH]2)cc1OC. The second-order valence-corrected chi connectivity index (χ2v) is 3.75. The van der Waals surface area contributed by atoms with E-state index >= 15 is 0 Å². The van der Waals surface area contributed by atoms with Crippen LogP contribution in [0.1, 0.15) is 0 Å². The molecule has 0 amide bonds. The molecule has 0 fully saturated rings. The maximum absolute atomic E-state index is 5.25. The first-order chi connectivity index (χ1) is 8.24. The van der Waals surface area contributed by atoms with Crippen molar-refractivity contribution < 1.29 is 9.47 Å². The molecule has 0 aliphatic heterocycles. The number of aromatic nitrogens is 2. The zero-order chi connectivity index (χ0) is 12.3. The van der Waals surface area contributed by atoms with Gasteiger partial charge in [-0.05, 0) is 36.5 Å². The van der Waals surface area contributed by atoms with Crippen LogP contribution in [-0.2, 0) is 0 Å². The molecule has 0 spiro atoms. The molecular weight excluding hydrogens is 236 g/mol. The Labute approximate surface area is 104 Å². The molecule has 0 bridgehead atoms. The second-order valence-electron chi connectivity index (χ2n) is 3.36. The number of ether oxygens (including phenoxy) is 2. The average Bonchev–Trinajstić information content (AvgIpc) is 2.38. The molecule has 1 N–H and O–H groups in total. The Morgan fingerprint density at radius 2 is 1.88 bits per heavy atom. The first kappa shape index (κ1) is 11.6. The fraction of sp³-hybridized carbons (Fsp3) is 0.167. The quantitative estimate of drug-likeness (QED) is 0.848. The number of nitrogens with one attached hydrogen (secondary N) is 1. The van der Waals surface area contributed by atoms with Crippen LogP contribution in [0.2, 0.25) is 0 Å². The van der Waals surface area contributed by atoms with Gasteiger partial charge in [-0.2, -0.15) is 0 Å². The van der Waals surface area contributed by atoms with Crippen LogP contribution >= 0.6 is 12.2 Å². The third-order valence-corrected chi connectivity index (χ3v) is 2.58. The number of hydrogen-bond acceptors (Lipinski definition) is 4. The highest BCUT2D eigenvalue weighted by Gasteiger charge is 2.06. The lowest BCUT2D eigenvalue weighted by atomic mass is 10.1. The molecule has 2 aromatic rings. The van der Waals surface area contributed by atoms with Gasteiger partial charge in [0.25, 0.3) is 0 Å². The molecule has 1 aromatic heterocycles. The molecule has 5 heteroatoms. The van der Waals surface area contributed by atoms with Crippen molar-refractivity contribution in [2.75, 3.05) is 14.2 Å². The van der Waals surface area contributed by atoms with E-state index in [1.165, 1.54) is 0 Å². The Morgan fingerprint density at radius 3 is 2.53 bits per heavy atom. The molecule has 1 aromatic carbocycles. The molecule has 0 saturated carbocycles. The van der Waals surface area contributed by atoms with Crippen LogP contribution in [0.5, 0.6) is 11.5 Å². The molecule has 0 aliphatic carbocycles. The van der Waals surface area contributed by atoms with E-state index in [1.54, 1.807) is 20.4 Å². The molecule has 1 heterocycles. The van der Waals surface area contributed by atoms with Crippen molar-refractivity contribution in [2.24, 2.45) is 0 Å². The van der Waals surface area contributed by atoms with Gasteiger partial charge >= 0.3 is 0 Å². The van der Waals surface area contributed by atoms with E-state index in [2.05, 4.69) is 9.97 Å². The van der Waals surface area contributed by atoms with Crippen molar-refractivity contribution in [1.82, 2.24) is 9.97 Å². The van der Waals surface area contributed by atoms with Gasteiger partial charge in [0.2, 0.25) is 0 Å². The highest BCUT2D eigenvalue weighted by Crippen LogP contribution is 2.31. The van der Waals surface area contributed by atoms with E-state index < -0.39 is 0 Å². The van der Waals surface area contributed by atoms with Gasteiger partial charge in [0.05, 0.1) is 14.2 Å². The summed E-state index contributed by atoms with van der Waals surface area (Å²) >= 11 is 4.99. The minimum Gasteiger partial charge on any atom is -0.493 e. The molecule has 0 atom stereocenters. The molecule has 0 radical (unpaired) electrons. The zero-order valence-corrected chi connectivity index (χ0v) is 10.4. The Bertz CT molecular complexity index is 581. The van der Waals surface area contributed by atoms with E-state index in [9.17, 15) is 0 Å². The lowest BCUT2D eigenvalue weighted by Crippen LogP contribution is -1.92. The summed E-state index contributed by atoms with van der Waals surface area (Å²) in [5.41, 5.74) is 1.86. The largest absolute Gasteiger partial charge is 0.493 e. The monoisotopic (exact) mass is 248 g/mol. The number of rotatable bonds is 3. The van der Waals surface area contributed by atoms with Gasteiger partial charge in [0.1, 0.15) is 0 Å². The van der Waals surface area contributed by atoms with Crippen LogP contribution in [0.4, 0.5) is 0 Å². The fourth-order valence-corrected chi connectivity index (χ4v) is 1.71. The summed E-state index contributed by atoms with van der Waals surface area (Å²) in [4.78, 5) is 6.96. The van der Waals surface area contributed by atoms with E-state index in [0.29, 0.717) is 16.3 Å². The lowest BCUT2D eigenvalue weighted by molar-refractivity contribution is 0.355. The number of hydrogen-bond donors (Lipinski definition) is 1. The molecule has 0 aliphatic rings. The third-order valence-electron chi connectivity index (χ3n) is 2.37. The van der Waals surface area contributed by atoms with Gasteiger partial charge in [0.15, 0.2) is 16.3 Å². The first-order valence-corrected chi connectivity index (χ1v) is 5.43. The Morgan fingerprint density at radius 1 is 1.12 bits per heavy atom. The van der Waals surface area contributed by atoms with E-state index in [-0.39, 0.29) is 0 Å². The van der Waals surface area contributed by atoms with Crippen molar-refractivity contribution >= 4 is 12.2 Å². The number of benzene rings is 1. The third kappa shape index (κ3) is 2.45. The van der Waals surface area contributed by atoms with E-state index in [0.717, 1.165) is 11.3 Å². The molecule has 0 saturated heterocycles. The van der Waals surface area contributed by atoms with Crippen molar-refractivity contribution in [3.8, 4) is 22.8 Å². The Balaban J connectivity index is 2.50. The van der Waals surface area contributed by atoms with Crippen LogP contribution in [0.3, 0.4) is 0 Å². The number of aromatic amines is 1. The van der Waals surface area contributed by atoms with Crippen molar-refractivity contribution in [3.05, 3.63) is 35.2 Å². The second kappa shape index (κ2) is 4.97. The summed E-state index contributed by atoms with van der Waals surface area (Å²) in [6.07, 6.45) is 1.67. The molecule has 4 nitrogen and oxygen atoms in total. The van der Waals surface area contributed by atoms with Gasteiger partial charge in [-0.25, -0.2) is 4.98 Å². The summed E-state index contributed by atoms with van der Waals surface area (Å²) in [7, 11) is 3.22. The van der Waals surface area contributed by atoms with E-state index in [1.807, 2.05) is 24.3 Å². The summed E-state index contributed by atoms with van der Waals surface area (Å²) in [6, 6.07) is 7.53. The molecule has 88 valence electrons. The zero-order valence-electron chi connectivity index (χ0n) is 9.56. The van der Waals surface area contributed by atoms with Crippen LogP contribution < -0.4 is 9.47 Å². The average molecular weight is 248 g/mol. The van der Waals surface area contributed by atoms with Crippen molar-refractivity contribution in [1.29, 1.82) is 0 Å². The van der Waals surface area contributed by atoms with Gasteiger partial charge in [0, 0.05) is 17.5 Å². The predicted molar refractivity (Wildman–Crippen MR) is 68.0 cm³/mol. The summed E-state index contributed by atoms with van der Waals surface area (Å²) in [6.45, 7) is 0. The highest BCUT2D eigenvalue weighted by atomic mass is 32.1. The number of H-pyrrole nitrogens is 1. The Kier molecular flexibility index (Phi) is 3.39. The molecule has 17 heavy (non-hydrogen) atoms. The van der Waals surface area contributed by atoms with Crippen molar-refractivity contribution in [2.45, 2.75) is 0 Å². The van der Waals surface area contributed by atoms with Gasteiger partial charge in [-0.15, -0.1) is 0 Å². The van der Waals surface area contributed by atoms with Crippen LogP contribution in [0, 0.1) is 4.77 Å². The minimum atomic E-state index is 0.456. The summed E-state index contributed by atoms with van der Waals surface area (Å²) in [5, 5.41) is 0. The van der Waals surface area contributed by atoms with Gasteiger partial charge < -0.3 is 14.5 Å². The first-order valence-electron chi connectivity index (χ1n) is 5.02. The maximum atomic E-state index is 5.25. The normalized spacial score (nSPS) is 10.0. The molecule has 0 unspecified atom stereocenters. The smallest absolute Gasteiger partial charge is 0.197 e. The fourth-order valence-electron chi connectivity index (χ4n) is 1.54. The van der Waals surface area contributed by atoms with E-state index in [4.69, 9.17) is 21.7 Å². The van der Waals surface area contributed by atoms with Crippen LogP contribution in [0.15, 0.2) is 30.5 Å². The topological polar surface area (TPSA) is 47.1 Å².